The monoisotopic (exact) mass is 457 g/mol. The molecule has 0 aliphatic carbocycles. The molecule has 4 rings (SSSR count). The molecule has 2 aromatic heterocycles. The number of nitrogens with zero attached hydrogens (tertiary/aromatic N) is 4. The van der Waals surface area contributed by atoms with Crippen molar-refractivity contribution in [2.75, 3.05) is 6.54 Å². The number of hydrogen-bond donors (Lipinski definition) is 1. The second-order valence-corrected chi connectivity index (χ2v) is 7.87. The minimum absolute atomic E-state index is 0. The maximum absolute atomic E-state index is 13.8. The molecule has 0 spiro atoms. The molecule has 3 aromatic rings. The predicted molar refractivity (Wildman–Crippen MR) is 109 cm³/mol. The van der Waals surface area contributed by atoms with Crippen LogP contribution < -0.4 is 5.73 Å². The molecule has 160 valence electrons. The summed E-state index contributed by atoms with van der Waals surface area (Å²) in [6.07, 6.45) is -0.100. The topological polar surface area (TPSA) is 77.0 Å². The number of nitrogens with two attached hydrogens (primary N) is 1. The van der Waals surface area contributed by atoms with E-state index in [2.05, 4.69) is 10.3 Å². The van der Waals surface area contributed by atoms with Crippen molar-refractivity contribution in [1.82, 2.24) is 19.9 Å². The van der Waals surface area contributed by atoms with E-state index < -0.39 is 23.5 Å². The Labute approximate surface area is 180 Å². The third kappa shape index (κ3) is 4.50. The number of benzene rings is 1. The van der Waals surface area contributed by atoms with Gasteiger partial charge in [0.2, 0.25) is 5.91 Å². The number of hydrogen-bond acceptors (Lipinski definition) is 5. The molecule has 0 fully saturated rings. The highest BCUT2D eigenvalue weighted by Gasteiger charge is 2.27. The summed E-state index contributed by atoms with van der Waals surface area (Å²) in [6.45, 7) is 1.34. The van der Waals surface area contributed by atoms with Gasteiger partial charge in [-0.1, -0.05) is 11.3 Å². The number of rotatable bonds is 5. The highest BCUT2D eigenvalue weighted by atomic mass is 35.5. The van der Waals surface area contributed by atoms with Crippen LogP contribution in [0.2, 0.25) is 0 Å². The number of halogens is 4. The maximum atomic E-state index is 13.8. The van der Waals surface area contributed by atoms with Crippen LogP contribution in [0.15, 0.2) is 29.6 Å². The zero-order valence-corrected chi connectivity index (χ0v) is 17.4. The molecule has 0 bridgehead atoms. The van der Waals surface area contributed by atoms with Crippen LogP contribution in [-0.4, -0.2) is 38.4 Å². The maximum Gasteiger partial charge on any atom is 0.224 e. The van der Waals surface area contributed by atoms with E-state index in [-0.39, 0.29) is 36.7 Å². The van der Waals surface area contributed by atoms with Crippen LogP contribution >= 0.6 is 23.7 Å². The summed E-state index contributed by atoms with van der Waals surface area (Å²) >= 11 is 1.55. The lowest BCUT2D eigenvalue weighted by Crippen LogP contribution is -2.41. The second-order valence-electron chi connectivity index (χ2n) is 6.93. The van der Waals surface area contributed by atoms with E-state index in [4.69, 9.17) is 5.73 Å². The molecule has 1 aromatic carbocycles. The number of thiophene rings is 1. The Kier molecular flexibility index (Phi) is 6.79. The number of carbonyl (C=O) groups excluding carboxylic acids is 1. The summed E-state index contributed by atoms with van der Waals surface area (Å²) in [5, 5.41) is 10.3. The molecule has 0 saturated carbocycles. The zero-order chi connectivity index (χ0) is 20.5. The van der Waals surface area contributed by atoms with Crippen LogP contribution in [0.4, 0.5) is 13.2 Å². The molecule has 2 N–H and O–H groups in total. The van der Waals surface area contributed by atoms with Crippen molar-refractivity contribution in [3.8, 4) is 10.6 Å². The first-order valence-electron chi connectivity index (χ1n) is 9.05. The lowest BCUT2D eigenvalue weighted by atomic mass is 10.0. The van der Waals surface area contributed by atoms with E-state index in [9.17, 15) is 18.0 Å². The van der Waals surface area contributed by atoms with Crippen LogP contribution in [0, 0.1) is 17.5 Å². The fraction of sp³-hybridized carbons (Fsp3) is 0.316. The molecule has 0 unspecified atom stereocenters. The third-order valence-electron chi connectivity index (χ3n) is 4.88. The second kappa shape index (κ2) is 9.15. The molecule has 1 atom stereocenters. The van der Waals surface area contributed by atoms with Gasteiger partial charge in [0.15, 0.2) is 11.6 Å². The molecular formula is C19H19ClF3N5OS. The van der Waals surface area contributed by atoms with Gasteiger partial charge < -0.3 is 10.6 Å². The van der Waals surface area contributed by atoms with Crippen LogP contribution in [-0.2, 0) is 24.3 Å². The van der Waals surface area contributed by atoms with E-state index in [1.54, 1.807) is 20.9 Å². The van der Waals surface area contributed by atoms with E-state index in [1.807, 2.05) is 17.5 Å². The lowest BCUT2D eigenvalue weighted by molar-refractivity contribution is -0.133. The fourth-order valence-corrected chi connectivity index (χ4v) is 4.12. The summed E-state index contributed by atoms with van der Waals surface area (Å²) in [7, 11) is 0. The van der Waals surface area contributed by atoms with E-state index in [1.165, 1.54) is 0 Å². The van der Waals surface area contributed by atoms with Crippen molar-refractivity contribution in [2.24, 2.45) is 5.73 Å². The molecule has 6 nitrogen and oxygen atoms in total. The van der Waals surface area contributed by atoms with Crippen molar-refractivity contribution < 1.29 is 18.0 Å². The molecular weight excluding hydrogens is 439 g/mol. The summed E-state index contributed by atoms with van der Waals surface area (Å²) in [5.41, 5.74) is 7.55. The summed E-state index contributed by atoms with van der Waals surface area (Å²) in [5.74, 6) is -3.46. The molecule has 1 amide bonds. The largest absolute Gasteiger partial charge is 0.335 e. The van der Waals surface area contributed by atoms with E-state index in [0.717, 1.165) is 22.3 Å². The van der Waals surface area contributed by atoms with Gasteiger partial charge in [-0.05, 0) is 29.5 Å². The Hall–Kier alpha value is -2.43. The van der Waals surface area contributed by atoms with Crippen molar-refractivity contribution in [2.45, 2.75) is 32.0 Å². The Balaban J connectivity index is 0.00000256. The van der Waals surface area contributed by atoms with Crippen molar-refractivity contribution in [1.29, 1.82) is 0 Å². The average Bonchev–Trinajstić information content (AvgIpc) is 3.34. The molecule has 30 heavy (non-hydrogen) atoms. The number of fused-ring (bicyclic) bond motifs is 1. The zero-order valence-electron chi connectivity index (χ0n) is 15.7. The summed E-state index contributed by atoms with van der Waals surface area (Å²) < 4.78 is 42.0. The molecule has 0 radical (unpaired) electrons. The first-order chi connectivity index (χ1) is 13.9. The van der Waals surface area contributed by atoms with Crippen LogP contribution in [0.1, 0.15) is 17.7 Å². The van der Waals surface area contributed by atoms with E-state index >= 15 is 0 Å². The van der Waals surface area contributed by atoms with Gasteiger partial charge in [-0.3, -0.25) is 4.79 Å². The molecule has 11 heteroatoms. The smallest absolute Gasteiger partial charge is 0.224 e. The van der Waals surface area contributed by atoms with Crippen LogP contribution in [0.5, 0.6) is 0 Å². The minimum Gasteiger partial charge on any atom is -0.335 e. The number of aromatic nitrogens is 3. The van der Waals surface area contributed by atoms with Gasteiger partial charge >= 0.3 is 0 Å². The Morgan fingerprint density at radius 1 is 1.20 bits per heavy atom. The quantitative estimate of drug-likeness (QED) is 0.597. The average molecular weight is 458 g/mol. The molecule has 0 saturated heterocycles. The Bertz CT molecular complexity index is 1040. The van der Waals surface area contributed by atoms with Gasteiger partial charge in [0.1, 0.15) is 11.5 Å². The van der Waals surface area contributed by atoms with Gasteiger partial charge in [0.05, 0.1) is 23.7 Å². The lowest BCUT2D eigenvalue weighted by Gasteiger charge is -2.28. The van der Waals surface area contributed by atoms with Crippen molar-refractivity contribution in [3.05, 3.63) is 58.4 Å². The number of carbonyl (C=O) groups is 1. The summed E-state index contributed by atoms with van der Waals surface area (Å²) in [4.78, 5) is 15.3. The first-order valence-corrected chi connectivity index (χ1v) is 9.93. The SMILES string of the molecule is Cl.N[C@@H](CC(=O)N1CCn2nnc(-c3cccs3)c2C1)Cc1cc(F)c(F)cc1F. The minimum atomic E-state index is -1.25. The van der Waals surface area contributed by atoms with Crippen molar-refractivity contribution in [3.63, 3.8) is 0 Å². The van der Waals surface area contributed by atoms with Crippen LogP contribution in [0.3, 0.4) is 0 Å². The summed E-state index contributed by atoms with van der Waals surface area (Å²) in [6, 6.07) is 4.43. The Morgan fingerprint density at radius 3 is 2.70 bits per heavy atom. The first kappa shape index (κ1) is 22.3. The fourth-order valence-electron chi connectivity index (χ4n) is 3.39. The van der Waals surface area contributed by atoms with Crippen molar-refractivity contribution >= 4 is 29.7 Å². The molecule has 1 aliphatic rings. The van der Waals surface area contributed by atoms with Gasteiger partial charge in [-0.25, -0.2) is 17.9 Å². The normalized spacial score (nSPS) is 14.2. The molecule has 3 heterocycles. The van der Waals surface area contributed by atoms with E-state index in [0.29, 0.717) is 25.7 Å². The highest BCUT2D eigenvalue weighted by Crippen LogP contribution is 2.28. The van der Waals surface area contributed by atoms with Gasteiger partial charge in [-0.2, -0.15) is 0 Å². The predicted octanol–water partition coefficient (Wildman–Crippen LogP) is 3.15. The molecule has 1 aliphatic heterocycles. The highest BCUT2D eigenvalue weighted by molar-refractivity contribution is 7.13. The van der Waals surface area contributed by atoms with Gasteiger partial charge in [0, 0.05) is 25.1 Å². The standard InChI is InChI=1S/C19H18F3N5OS.ClH/c20-13-9-15(22)14(21)7-11(13)6-12(23)8-18(28)26-3-4-27-16(10-26)19(24-25-27)17-2-1-5-29-17;/h1-2,5,7,9,12H,3-4,6,8,10,23H2;1H/t12-;/m1./s1. The Morgan fingerprint density at radius 2 is 1.97 bits per heavy atom. The van der Waals surface area contributed by atoms with Gasteiger partial charge in [-0.15, -0.1) is 28.8 Å². The van der Waals surface area contributed by atoms with Crippen LogP contribution in [0.25, 0.3) is 10.6 Å². The number of amides is 1. The third-order valence-corrected chi connectivity index (χ3v) is 5.75. The van der Waals surface area contributed by atoms with Gasteiger partial charge in [0.25, 0.3) is 0 Å².